The summed E-state index contributed by atoms with van der Waals surface area (Å²) in [6, 6.07) is 6.74. The lowest BCUT2D eigenvalue weighted by molar-refractivity contribution is 0.519. The Balaban J connectivity index is 2.86. The van der Waals surface area contributed by atoms with Gasteiger partial charge in [-0.1, -0.05) is 18.2 Å². The fourth-order valence-corrected chi connectivity index (χ4v) is 3.29. The molecule has 0 amide bonds. The number of nitrogens with two attached hydrogens (primary N) is 1. The molecule has 1 aromatic rings. The molecule has 0 aliphatic rings. The standard InChI is InChI=1S/C12H20N2O2S/c1-9-6-4-5-7-12(9)17(15,16)14-11(3)8-10(2)13/h4-7,10-11,14H,8,13H2,1-3H3. The summed E-state index contributed by atoms with van der Waals surface area (Å²) < 4.78 is 26.8. The molecule has 4 nitrogen and oxygen atoms in total. The summed E-state index contributed by atoms with van der Waals surface area (Å²) in [5, 5.41) is 0. The molecule has 1 aromatic carbocycles. The van der Waals surface area contributed by atoms with Gasteiger partial charge in [0, 0.05) is 12.1 Å². The molecule has 0 saturated carbocycles. The third-order valence-corrected chi connectivity index (χ3v) is 4.21. The maximum Gasteiger partial charge on any atom is 0.241 e. The highest BCUT2D eigenvalue weighted by Gasteiger charge is 2.19. The Kier molecular flexibility index (Phi) is 4.68. The molecule has 0 radical (unpaired) electrons. The monoisotopic (exact) mass is 256 g/mol. The zero-order valence-electron chi connectivity index (χ0n) is 10.5. The third-order valence-electron chi connectivity index (χ3n) is 2.46. The van der Waals surface area contributed by atoms with E-state index in [2.05, 4.69) is 4.72 Å². The Morgan fingerprint density at radius 2 is 1.88 bits per heavy atom. The molecule has 0 aliphatic carbocycles. The van der Waals surface area contributed by atoms with Crippen molar-refractivity contribution >= 4 is 10.0 Å². The number of sulfonamides is 1. The smallest absolute Gasteiger partial charge is 0.241 e. The number of nitrogens with one attached hydrogen (secondary N) is 1. The molecule has 0 aliphatic heterocycles. The summed E-state index contributed by atoms with van der Waals surface area (Å²) in [4.78, 5) is 0.330. The molecule has 0 saturated heterocycles. The van der Waals surface area contributed by atoms with Crippen LogP contribution in [0.3, 0.4) is 0 Å². The molecule has 1 rings (SSSR count). The van der Waals surface area contributed by atoms with E-state index in [9.17, 15) is 8.42 Å². The second-order valence-corrected chi connectivity index (χ2v) is 6.18. The topological polar surface area (TPSA) is 72.2 Å². The summed E-state index contributed by atoms with van der Waals surface area (Å²) >= 11 is 0. The number of benzene rings is 1. The Labute approximate surface area is 103 Å². The van der Waals surface area contributed by atoms with Crippen molar-refractivity contribution in [3.63, 3.8) is 0 Å². The van der Waals surface area contributed by atoms with E-state index in [0.717, 1.165) is 5.56 Å². The molecule has 0 heterocycles. The Bertz CT molecular complexity index is 469. The van der Waals surface area contributed by atoms with Gasteiger partial charge in [-0.05, 0) is 38.8 Å². The first-order valence-electron chi connectivity index (χ1n) is 5.66. The van der Waals surface area contributed by atoms with Gasteiger partial charge in [0.05, 0.1) is 4.90 Å². The highest BCUT2D eigenvalue weighted by Crippen LogP contribution is 2.14. The first kappa shape index (κ1) is 14.2. The molecule has 0 spiro atoms. The van der Waals surface area contributed by atoms with E-state index < -0.39 is 10.0 Å². The van der Waals surface area contributed by atoms with Gasteiger partial charge in [0.15, 0.2) is 0 Å². The second-order valence-electron chi connectivity index (χ2n) is 4.50. The zero-order chi connectivity index (χ0) is 13.1. The fourth-order valence-electron chi connectivity index (χ4n) is 1.79. The number of aryl methyl sites for hydroxylation is 1. The first-order chi connectivity index (χ1) is 7.83. The van der Waals surface area contributed by atoms with Crippen LogP contribution in [0.2, 0.25) is 0 Å². The minimum absolute atomic E-state index is 0.0235. The molecule has 2 atom stereocenters. The molecule has 3 N–H and O–H groups in total. The predicted molar refractivity (Wildman–Crippen MR) is 69.2 cm³/mol. The van der Waals surface area contributed by atoms with Gasteiger partial charge in [0.1, 0.15) is 0 Å². The van der Waals surface area contributed by atoms with Crippen LogP contribution < -0.4 is 10.5 Å². The van der Waals surface area contributed by atoms with Gasteiger partial charge in [0.2, 0.25) is 10.0 Å². The van der Waals surface area contributed by atoms with Crippen LogP contribution in [0.1, 0.15) is 25.8 Å². The van der Waals surface area contributed by atoms with Crippen molar-refractivity contribution in [1.82, 2.24) is 4.72 Å². The number of hydrogen-bond acceptors (Lipinski definition) is 3. The van der Waals surface area contributed by atoms with Gasteiger partial charge in [-0.25, -0.2) is 13.1 Å². The molecule has 17 heavy (non-hydrogen) atoms. The molecule has 0 bridgehead atoms. The molecule has 2 unspecified atom stereocenters. The number of hydrogen-bond donors (Lipinski definition) is 2. The van der Waals surface area contributed by atoms with E-state index >= 15 is 0 Å². The summed E-state index contributed by atoms with van der Waals surface area (Å²) in [5.74, 6) is 0. The Hall–Kier alpha value is -0.910. The Morgan fingerprint density at radius 1 is 1.29 bits per heavy atom. The van der Waals surface area contributed by atoms with Gasteiger partial charge >= 0.3 is 0 Å². The Morgan fingerprint density at radius 3 is 2.41 bits per heavy atom. The average Bonchev–Trinajstić information content (AvgIpc) is 2.15. The minimum Gasteiger partial charge on any atom is -0.328 e. The van der Waals surface area contributed by atoms with Crippen molar-refractivity contribution in [1.29, 1.82) is 0 Å². The zero-order valence-corrected chi connectivity index (χ0v) is 11.3. The van der Waals surface area contributed by atoms with Crippen molar-refractivity contribution < 1.29 is 8.42 Å². The van der Waals surface area contributed by atoms with E-state index in [1.54, 1.807) is 25.1 Å². The SMILES string of the molecule is Cc1ccccc1S(=O)(=O)NC(C)CC(C)N. The predicted octanol–water partition coefficient (Wildman–Crippen LogP) is 1.40. The van der Waals surface area contributed by atoms with E-state index in [0.29, 0.717) is 11.3 Å². The maximum absolute atomic E-state index is 12.1. The lowest BCUT2D eigenvalue weighted by atomic mass is 10.1. The molecule has 0 aromatic heterocycles. The summed E-state index contributed by atoms with van der Waals surface area (Å²) in [6.07, 6.45) is 0.616. The van der Waals surface area contributed by atoms with Crippen LogP contribution in [-0.4, -0.2) is 20.5 Å². The third kappa shape index (κ3) is 4.11. The van der Waals surface area contributed by atoms with Crippen LogP contribution in [0.25, 0.3) is 0 Å². The molecule has 96 valence electrons. The van der Waals surface area contributed by atoms with Crippen molar-refractivity contribution in [2.75, 3.05) is 0 Å². The minimum atomic E-state index is -3.44. The summed E-state index contributed by atoms with van der Waals surface area (Å²) in [6.45, 7) is 5.46. The summed E-state index contributed by atoms with van der Waals surface area (Å²) in [5.41, 5.74) is 6.39. The van der Waals surface area contributed by atoms with Crippen molar-refractivity contribution in [2.24, 2.45) is 5.73 Å². The lowest BCUT2D eigenvalue weighted by Crippen LogP contribution is -2.36. The van der Waals surface area contributed by atoms with E-state index in [-0.39, 0.29) is 12.1 Å². The van der Waals surface area contributed by atoms with Gasteiger partial charge in [-0.15, -0.1) is 0 Å². The van der Waals surface area contributed by atoms with Gasteiger partial charge < -0.3 is 5.73 Å². The first-order valence-corrected chi connectivity index (χ1v) is 7.15. The highest BCUT2D eigenvalue weighted by molar-refractivity contribution is 7.89. The second kappa shape index (κ2) is 5.62. The van der Waals surface area contributed by atoms with Crippen molar-refractivity contribution in [3.05, 3.63) is 29.8 Å². The van der Waals surface area contributed by atoms with Crippen molar-refractivity contribution in [3.8, 4) is 0 Å². The lowest BCUT2D eigenvalue weighted by Gasteiger charge is -2.16. The molecular weight excluding hydrogens is 236 g/mol. The van der Waals surface area contributed by atoms with Crippen LogP contribution in [0, 0.1) is 6.92 Å². The van der Waals surface area contributed by atoms with Gasteiger partial charge in [-0.2, -0.15) is 0 Å². The molecule has 0 fully saturated rings. The summed E-state index contributed by atoms with van der Waals surface area (Å²) in [7, 11) is -3.44. The van der Waals surface area contributed by atoms with Crippen molar-refractivity contribution in [2.45, 2.75) is 44.2 Å². The molecule has 5 heteroatoms. The van der Waals surface area contributed by atoms with E-state index in [4.69, 9.17) is 5.73 Å². The van der Waals surface area contributed by atoms with E-state index in [1.807, 2.05) is 19.9 Å². The normalized spacial score (nSPS) is 15.5. The molecular formula is C12H20N2O2S. The quantitative estimate of drug-likeness (QED) is 0.836. The van der Waals surface area contributed by atoms with E-state index in [1.165, 1.54) is 0 Å². The van der Waals surface area contributed by atoms with Gasteiger partial charge in [-0.3, -0.25) is 0 Å². The van der Waals surface area contributed by atoms with Crippen LogP contribution in [0.15, 0.2) is 29.2 Å². The highest BCUT2D eigenvalue weighted by atomic mass is 32.2. The van der Waals surface area contributed by atoms with Crippen LogP contribution in [0.4, 0.5) is 0 Å². The number of rotatable bonds is 5. The largest absolute Gasteiger partial charge is 0.328 e. The van der Waals surface area contributed by atoms with Crippen LogP contribution >= 0.6 is 0 Å². The van der Waals surface area contributed by atoms with Crippen LogP contribution in [0.5, 0.6) is 0 Å². The fraction of sp³-hybridized carbons (Fsp3) is 0.500. The average molecular weight is 256 g/mol. The maximum atomic E-state index is 12.1. The van der Waals surface area contributed by atoms with Gasteiger partial charge in [0.25, 0.3) is 0 Å². The van der Waals surface area contributed by atoms with Crippen LogP contribution in [-0.2, 0) is 10.0 Å².